The molecule has 6 nitrogen and oxygen atoms in total. The van der Waals surface area contributed by atoms with Gasteiger partial charge in [-0.25, -0.2) is 0 Å². The second-order valence-electron chi connectivity index (χ2n) is 7.61. The molecule has 1 saturated heterocycles. The lowest BCUT2D eigenvalue weighted by atomic mass is 9.94. The molecule has 166 valence electrons. The highest BCUT2D eigenvalue weighted by atomic mass is 35.5. The highest BCUT2D eigenvalue weighted by Gasteiger charge is 2.31. The molecule has 7 heteroatoms. The van der Waals surface area contributed by atoms with Crippen molar-refractivity contribution < 1.29 is 19.1 Å². The Bertz CT molecular complexity index is 908. The van der Waals surface area contributed by atoms with Crippen molar-refractivity contribution in [1.29, 1.82) is 0 Å². The summed E-state index contributed by atoms with van der Waals surface area (Å²) in [5.74, 6) is 1.25. The zero-order chi connectivity index (χ0) is 22.4. The molecule has 2 amide bonds. The largest absolute Gasteiger partial charge is 0.497 e. The zero-order valence-corrected chi connectivity index (χ0v) is 19.0. The van der Waals surface area contributed by atoms with Crippen molar-refractivity contribution in [1.82, 2.24) is 9.80 Å². The molecular weight excluding hydrogens is 416 g/mol. The predicted octanol–water partition coefficient (Wildman–Crippen LogP) is 4.26. The maximum Gasteiger partial charge on any atom is 0.257 e. The van der Waals surface area contributed by atoms with Gasteiger partial charge in [0.2, 0.25) is 5.91 Å². The van der Waals surface area contributed by atoms with Gasteiger partial charge in [0, 0.05) is 37.1 Å². The summed E-state index contributed by atoms with van der Waals surface area (Å²) in [6.07, 6.45) is 1.29. The van der Waals surface area contributed by atoms with Crippen molar-refractivity contribution in [3.8, 4) is 11.5 Å². The van der Waals surface area contributed by atoms with Crippen molar-refractivity contribution in [2.45, 2.75) is 26.3 Å². The average Bonchev–Trinajstić information content (AvgIpc) is 2.82. The molecule has 0 spiro atoms. The fourth-order valence-corrected chi connectivity index (χ4v) is 4.07. The Labute approximate surface area is 188 Å². The number of amides is 2. The molecule has 3 rings (SSSR count). The molecule has 31 heavy (non-hydrogen) atoms. The molecule has 0 bridgehead atoms. The number of likely N-dealkylation sites (tertiary alicyclic amines) is 1. The Morgan fingerprint density at radius 2 is 1.74 bits per heavy atom. The molecule has 1 aliphatic heterocycles. The van der Waals surface area contributed by atoms with E-state index in [4.69, 9.17) is 21.1 Å². The Morgan fingerprint density at radius 1 is 1.06 bits per heavy atom. The highest BCUT2D eigenvalue weighted by Crippen LogP contribution is 2.27. The minimum atomic E-state index is -0.115. The van der Waals surface area contributed by atoms with Crippen LogP contribution in [0, 0.1) is 5.92 Å². The maximum atomic E-state index is 13.1. The van der Waals surface area contributed by atoms with Crippen molar-refractivity contribution in [3.63, 3.8) is 0 Å². The van der Waals surface area contributed by atoms with Crippen molar-refractivity contribution in [2.24, 2.45) is 5.92 Å². The number of methoxy groups -OCH3 is 2. The number of rotatable bonds is 7. The summed E-state index contributed by atoms with van der Waals surface area (Å²) >= 11 is 6.07. The SMILES string of the molecule is CCN(Cc1ccc(OC)cc1)C(=O)C1CCN(C(=O)c2cc(Cl)ccc2OC)CC1. The smallest absolute Gasteiger partial charge is 0.257 e. The Morgan fingerprint density at radius 3 is 2.32 bits per heavy atom. The molecule has 0 radical (unpaired) electrons. The lowest BCUT2D eigenvalue weighted by Gasteiger charge is -2.34. The molecule has 2 aromatic rings. The molecule has 1 fully saturated rings. The van der Waals surface area contributed by atoms with Gasteiger partial charge in [0.15, 0.2) is 0 Å². The summed E-state index contributed by atoms with van der Waals surface area (Å²) in [5.41, 5.74) is 1.52. The van der Waals surface area contributed by atoms with E-state index < -0.39 is 0 Å². The van der Waals surface area contributed by atoms with Crippen molar-refractivity contribution in [3.05, 3.63) is 58.6 Å². The zero-order valence-electron chi connectivity index (χ0n) is 18.3. The van der Waals surface area contributed by atoms with Crippen LogP contribution >= 0.6 is 11.6 Å². The van der Waals surface area contributed by atoms with Crippen LogP contribution in [-0.2, 0) is 11.3 Å². The Balaban J connectivity index is 1.60. The predicted molar refractivity (Wildman–Crippen MR) is 121 cm³/mol. The van der Waals surface area contributed by atoms with E-state index in [1.54, 1.807) is 30.2 Å². The summed E-state index contributed by atoms with van der Waals surface area (Å²) in [6.45, 7) is 4.27. The van der Waals surface area contributed by atoms with Gasteiger partial charge in [0.25, 0.3) is 5.91 Å². The molecule has 0 unspecified atom stereocenters. The standard InChI is InChI=1S/C24H29ClN2O4/c1-4-26(16-17-5-8-20(30-2)9-6-17)23(28)18-11-13-27(14-12-18)24(29)21-15-19(25)7-10-22(21)31-3/h5-10,15,18H,4,11-14,16H2,1-3H3. The van der Waals surface area contributed by atoms with Crippen LogP contribution in [0.3, 0.4) is 0 Å². The lowest BCUT2D eigenvalue weighted by Crippen LogP contribution is -2.44. The number of carbonyl (C=O) groups is 2. The first-order valence-electron chi connectivity index (χ1n) is 10.5. The number of hydrogen-bond donors (Lipinski definition) is 0. The van der Waals surface area contributed by atoms with Gasteiger partial charge in [-0.15, -0.1) is 0 Å². The molecular formula is C24H29ClN2O4. The third-order valence-electron chi connectivity index (χ3n) is 5.75. The van der Waals surface area contributed by atoms with Crippen LogP contribution in [0.4, 0.5) is 0 Å². The lowest BCUT2D eigenvalue weighted by molar-refractivity contribution is -0.137. The van der Waals surface area contributed by atoms with Crippen LogP contribution in [0.1, 0.15) is 35.7 Å². The van der Waals surface area contributed by atoms with Crippen LogP contribution in [0.2, 0.25) is 5.02 Å². The minimum absolute atomic E-state index is 0.0801. The van der Waals surface area contributed by atoms with E-state index in [9.17, 15) is 9.59 Å². The van der Waals surface area contributed by atoms with E-state index in [0.717, 1.165) is 11.3 Å². The quantitative estimate of drug-likeness (QED) is 0.640. The van der Waals surface area contributed by atoms with E-state index in [0.29, 0.717) is 55.4 Å². The van der Waals surface area contributed by atoms with E-state index in [2.05, 4.69) is 0 Å². The summed E-state index contributed by atoms with van der Waals surface area (Å²) in [4.78, 5) is 29.7. The minimum Gasteiger partial charge on any atom is -0.497 e. The van der Waals surface area contributed by atoms with Crippen LogP contribution in [0.25, 0.3) is 0 Å². The van der Waals surface area contributed by atoms with Crippen molar-refractivity contribution >= 4 is 23.4 Å². The second-order valence-corrected chi connectivity index (χ2v) is 8.05. The average molecular weight is 445 g/mol. The van der Waals surface area contributed by atoms with E-state index in [-0.39, 0.29) is 17.7 Å². The first-order chi connectivity index (χ1) is 15.0. The molecule has 0 aliphatic carbocycles. The Kier molecular flexibility index (Phi) is 7.80. The number of benzene rings is 2. The number of ether oxygens (including phenoxy) is 2. The number of piperidine rings is 1. The fourth-order valence-electron chi connectivity index (χ4n) is 3.90. The summed E-state index contributed by atoms with van der Waals surface area (Å²) in [7, 11) is 3.17. The van der Waals surface area contributed by atoms with E-state index in [1.165, 1.54) is 7.11 Å². The monoisotopic (exact) mass is 444 g/mol. The number of carbonyl (C=O) groups excluding carboxylic acids is 2. The third-order valence-corrected chi connectivity index (χ3v) is 5.98. The molecule has 0 aromatic heterocycles. The molecule has 0 atom stereocenters. The normalized spacial score (nSPS) is 14.3. The van der Waals surface area contributed by atoms with Crippen LogP contribution < -0.4 is 9.47 Å². The highest BCUT2D eigenvalue weighted by molar-refractivity contribution is 6.31. The van der Waals surface area contributed by atoms with Gasteiger partial charge in [0.1, 0.15) is 11.5 Å². The van der Waals surface area contributed by atoms with Crippen LogP contribution in [-0.4, -0.2) is 55.5 Å². The van der Waals surface area contributed by atoms with Gasteiger partial charge in [-0.05, 0) is 55.7 Å². The van der Waals surface area contributed by atoms with Crippen molar-refractivity contribution in [2.75, 3.05) is 33.9 Å². The molecule has 0 N–H and O–H groups in total. The first kappa shape index (κ1) is 22.9. The van der Waals surface area contributed by atoms with Gasteiger partial charge in [0.05, 0.1) is 19.8 Å². The maximum absolute atomic E-state index is 13.1. The molecule has 0 saturated carbocycles. The first-order valence-corrected chi connectivity index (χ1v) is 10.9. The van der Waals surface area contributed by atoms with Gasteiger partial charge < -0.3 is 19.3 Å². The van der Waals surface area contributed by atoms with Crippen LogP contribution in [0.5, 0.6) is 11.5 Å². The van der Waals surface area contributed by atoms with Gasteiger partial charge in [-0.2, -0.15) is 0 Å². The van der Waals surface area contributed by atoms with Gasteiger partial charge in [-0.3, -0.25) is 9.59 Å². The number of nitrogens with zero attached hydrogens (tertiary/aromatic N) is 2. The van der Waals surface area contributed by atoms with Gasteiger partial charge in [-0.1, -0.05) is 23.7 Å². The van der Waals surface area contributed by atoms with Gasteiger partial charge >= 0.3 is 0 Å². The van der Waals surface area contributed by atoms with E-state index in [1.807, 2.05) is 36.1 Å². The summed E-state index contributed by atoms with van der Waals surface area (Å²) < 4.78 is 10.5. The topological polar surface area (TPSA) is 59.1 Å². The van der Waals surface area contributed by atoms with E-state index >= 15 is 0 Å². The molecule has 2 aromatic carbocycles. The number of hydrogen-bond acceptors (Lipinski definition) is 4. The van der Waals surface area contributed by atoms with Crippen LogP contribution in [0.15, 0.2) is 42.5 Å². The third kappa shape index (κ3) is 5.50. The summed E-state index contributed by atoms with van der Waals surface area (Å²) in [6, 6.07) is 12.8. The molecule has 1 aliphatic rings. The summed E-state index contributed by atoms with van der Waals surface area (Å²) in [5, 5.41) is 0.492. The fraction of sp³-hybridized carbons (Fsp3) is 0.417. The molecule has 1 heterocycles. The number of halogens is 1. The Hall–Kier alpha value is -2.73. The second kappa shape index (κ2) is 10.5.